The summed E-state index contributed by atoms with van der Waals surface area (Å²) in [4.78, 5) is 18.9. The highest BCUT2D eigenvalue weighted by Gasteiger charge is 2.26. The van der Waals surface area contributed by atoms with Crippen LogP contribution in [0, 0.1) is 5.82 Å². The van der Waals surface area contributed by atoms with E-state index in [1.165, 1.54) is 41.9 Å². The molecule has 0 atom stereocenters. The number of nitrogens with zero attached hydrogens (tertiary/aromatic N) is 2. The number of sulfone groups is 1. The Balaban J connectivity index is 1.20. The molecule has 0 unspecified atom stereocenters. The summed E-state index contributed by atoms with van der Waals surface area (Å²) in [6.07, 6.45) is 1.95. The SMILES string of the molecule is CS(=O)(=O)c1ccc(-c2ccc3nc(OC4CCN(C(=O)Oc5ccc(F)cc5)CC4)sc3c2)cc1. The lowest BCUT2D eigenvalue weighted by Crippen LogP contribution is -2.43. The molecule has 3 aromatic carbocycles. The lowest BCUT2D eigenvalue weighted by molar-refractivity contribution is 0.0930. The normalized spacial score (nSPS) is 14.7. The van der Waals surface area contributed by atoms with Crippen molar-refractivity contribution in [2.45, 2.75) is 23.8 Å². The van der Waals surface area contributed by atoms with Gasteiger partial charge >= 0.3 is 6.09 Å². The highest BCUT2D eigenvalue weighted by atomic mass is 32.2. The van der Waals surface area contributed by atoms with Gasteiger partial charge in [-0.05, 0) is 59.7 Å². The fraction of sp³-hybridized carbons (Fsp3) is 0.231. The van der Waals surface area contributed by atoms with E-state index in [-0.39, 0.29) is 16.8 Å². The number of carbonyl (C=O) groups excluding carboxylic acids is 1. The maximum Gasteiger partial charge on any atom is 0.415 e. The number of amides is 1. The Morgan fingerprint density at radius 3 is 2.33 bits per heavy atom. The second kappa shape index (κ2) is 9.87. The number of carbonyl (C=O) groups is 1. The van der Waals surface area contributed by atoms with Crippen LogP contribution < -0.4 is 9.47 Å². The van der Waals surface area contributed by atoms with Crippen LogP contribution in [0.25, 0.3) is 21.3 Å². The number of fused-ring (bicyclic) bond motifs is 1. The third kappa shape index (κ3) is 5.50. The standard InChI is InChI=1S/C26H23FN2O5S2/c1-36(31,32)22-9-2-17(3-10-22)18-4-11-23-24(16-18)35-25(28-23)33-21-12-14-29(15-13-21)26(30)34-20-7-5-19(27)6-8-20/h2-11,16,21H,12-15H2,1H3. The van der Waals surface area contributed by atoms with E-state index in [1.807, 2.05) is 18.2 Å². The number of hydrogen-bond acceptors (Lipinski definition) is 7. The van der Waals surface area contributed by atoms with Crippen LogP contribution in [0.5, 0.6) is 10.9 Å². The molecule has 0 aliphatic carbocycles. The van der Waals surface area contributed by atoms with E-state index in [0.717, 1.165) is 21.3 Å². The maximum atomic E-state index is 13.0. The zero-order chi connectivity index (χ0) is 25.3. The maximum absolute atomic E-state index is 13.0. The van der Waals surface area contributed by atoms with Crippen molar-refractivity contribution in [2.24, 2.45) is 0 Å². The molecule has 10 heteroatoms. The first kappa shape index (κ1) is 24.2. The number of thiazole rings is 1. The summed E-state index contributed by atoms with van der Waals surface area (Å²) in [7, 11) is -3.24. The molecule has 1 fully saturated rings. The molecule has 1 amide bonds. The minimum absolute atomic E-state index is 0.0663. The summed E-state index contributed by atoms with van der Waals surface area (Å²) in [5.74, 6) is -0.0814. The Morgan fingerprint density at radius 2 is 1.67 bits per heavy atom. The van der Waals surface area contributed by atoms with Crippen LogP contribution in [-0.4, -0.2) is 49.8 Å². The van der Waals surface area contributed by atoms with Crippen molar-refractivity contribution in [3.8, 4) is 22.1 Å². The van der Waals surface area contributed by atoms with Gasteiger partial charge in [0.25, 0.3) is 5.19 Å². The van der Waals surface area contributed by atoms with Gasteiger partial charge in [-0.25, -0.2) is 22.6 Å². The van der Waals surface area contributed by atoms with Crippen LogP contribution in [0.2, 0.25) is 0 Å². The van der Waals surface area contributed by atoms with Crippen LogP contribution in [0.4, 0.5) is 9.18 Å². The molecule has 1 aromatic heterocycles. The largest absolute Gasteiger partial charge is 0.467 e. The van der Waals surface area contributed by atoms with E-state index in [9.17, 15) is 17.6 Å². The first-order valence-electron chi connectivity index (χ1n) is 11.3. The monoisotopic (exact) mass is 526 g/mol. The van der Waals surface area contributed by atoms with E-state index in [0.29, 0.717) is 36.9 Å². The van der Waals surface area contributed by atoms with E-state index >= 15 is 0 Å². The molecular formula is C26H23FN2O5S2. The predicted octanol–water partition coefficient (Wildman–Crippen LogP) is 5.55. The molecule has 0 saturated carbocycles. The Bertz CT molecular complexity index is 1490. The van der Waals surface area contributed by atoms with Crippen LogP contribution in [0.1, 0.15) is 12.8 Å². The molecule has 7 nitrogen and oxygen atoms in total. The van der Waals surface area contributed by atoms with Gasteiger partial charge in [-0.15, -0.1) is 0 Å². The van der Waals surface area contributed by atoms with Crippen LogP contribution in [0.15, 0.2) is 71.6 Å². The minimum Gasteiger partial charge on any atom is -0.467 e. The van der Waals surface area contributed by atoms with Gasteiger partial charge in [0.15, 0.2) is 9.84 Å². The summed E-state index contributed by atoms with van der Waals surface area (Å²) in [5.41, 5.74) is 2.71. The van der Waals surface area contributed by atoms with Crippen LogP contribution in [-0.2, 0) is 9.84 Å². The quantitative estimate of drug-likeness (QED) is 0.339. The Morgan fingerprint density at radius 1 is 1.00 bits per heavy atom. The zero-order valence-corrected chi connectivity index (χ0v) is 21.0. The Hall–Kier alpha value is -3.50. The van der Waals surface area contributed by atoms with E-state index in [2.05, 4.69) is 4.98 Å². The van der Waals surface area contributed by atoms with Gasteiger partial charge in [-0.2, -0.15) is 0 Å². The molecule has 36 heavy (non-hydrogen) atoms. The number of halogens is 1. The van der Waals surface area contributed by atoms with Crippen molar-refractivity contribution in [1.29, 1.82) is 0 Å². The highest BCUT2D eigenvalue weighted by molar-refractivity contribution is 7.90. The van der Waals surface area contributed by atoms with Gasteiger partial charge in [0.2, 0.25) is 0 Å². The number of ether oxygens (including phenoxy) is 2. The molecule has 5 rings (SSSR count). The van der Waals surface area contributed by atoms with Crippen molar-refractivity contribution in [3.63, 3.8) is 0 Å². The molecule has 0 bridgehead atoms. The van der Waals surface area contributed by atoms with Gasteiger partial charge in [0, 0.05) is 32.2 Å². The molecule has 1 aliphatic rings. The molecule has 186 valence electrons. The van der Waals surface area contributed by atoms with Crippen LogP contribution in [0.3, 0.4) is 0 Å². The van der Waals surface area contributed by atoms with Gasteiger partial charge in [-0.3, -0.25) is 0 Å². The summed E-state index contributed by atoms with van der Waals surface area (Å²) in [6.45, 7) is 0.979. The molecular weight excluding hydrogens is 503 g/mol. The van der Waals surface area contributed by atoms with Gasteiger partial charge in [0.1, 0.15) is 17.7 Å². The number of benzene rings is 3. The van der Waals surface area contributed by atoms with E-state index in [1.54, 1.807) is 29.2 Å². The fourth-order valence-electron chi connectivity index (χ4n) is 3.99. The van der Waals surface area contributed by atoms with Crippen molar-refractivity contribution in [3.05, 3.63) is 72.5 Å². The number of hydrogen-bond donors (Lipinski definition) is 0. The first-order chi connectivity index (χ1) is 17.2. The number of likely N-dealkylation sites (tertiary alicyclic amines) is 1. The van der Waals surface area contributed by atoms with Crippen LogP contribution >= 0.6 is 11.3 Å². The lowest BCUT2D eigenvalue weighted by atomic mass is 10.1. The third-order valence-electron chi connectivity index (χ3n) is 5.97. The third-order valence-corrected chi connectivity index (χ3v) is 8.01. The number of rotatable bonds is 5. The first-order valence-corrected chi connectivity index (χ1v) is 14.1. The number of piperidine rings is 1. The van der Waals surface area contributed by atoms with Crippen molar-refractivity contribution >= 4 is 37.5 Å². The summed E-state index contributed by atoms with van der Waals surface area (Å²) < 4.78 is 48.8. The second-order valence-electron chi connectivity index (χ2n) is 8.58. The smallest absolute Gasteiger partial charge is 0.415 e. The van der Waals surface area contributed by atoms with Crippen molar-refractivity contribution < 1.29 is 27.1 Å². The molecule has 4 aromatic rings. The predicted molar refractivity (Wildman–Crippen MR) is 136 cm³/mol. The molecule has 0 N–H and O–H groups in total. The van der Waals surface area contributed by atoms with E-state index in [4.69, 9.17) is 9.47 Å². The highest BCUT2D eigenvalue weighted by Crippen LogP contribution is 2.33. The van der Waals surface area contributed by atoms with Gasteiger partial charge < -0.3 is 14.4 Å². The summed E-state index contributed by atoms with van der Waals surface area (Å²) in [5, 5.41) is 0.571. The van der Waals surface area contributed by atoms with Crippen molar-refractivity contribution in [2.75, 3.05) is 19.3 Å². The van der Waals surface area contributed by atoms with E-state index < -0.39 is 15.9 Å². The molecule has 1 aliphatic heterocycles. The number of aromatic nitrogens is 1. The lowest BCUT2D eigenvalue weighted by Gasteiger charge is -2.30. The zero-order valence-electron chi connectivity index (χ0n) is 19.4. The molecule has 2 heterocycles. The average molecular weight is 527 g/mol. The van der Waals surface area contributed by atoms with Crippen molar-refractivity contribution in [1.82, 2.24) is 9.88 Å². The minimum atomic E-state index is -3.24. The summed E-state index contributed by atoms with van der Waals surface area (Å²) >= 11 is 1.45. The topological polar surface area (TPSA) is 85.8 Å². The Labute approximate surface area is 212 Å². The molecule has 0 spiro atoms. The van der Waals surface area contributed by atoms with Gasteiger partial charge in [-0.1, -0.05) is 29.5 Å². The fourth-order valence-corrected chi connectivity index (χ4v) is 5.55. The molecule has 0 radical (unpaired) electrons. The average Bonchev–Trinajstić information content (AvgIpc) is 3.27. The van der Waals surface area contributed by atoms with Gasteiger partial charge in [0.05, 0.1) is 15.1 Å². The summed E-state index contributed by atoms with van der Waals surface area (Å²) in [6, 6.07) is 18.0. The Kier molecular flexibility index (Phi) is 6.63. The second-order valence-corrected chi connectivity index (χ2v) is 11.6. The molecule has 1 saturated heterocycles.